The number of aliphatic hydroxyl groups is 1. The number of amides is 1. The monoisotopic (exact) mass is 473 g/mol. The van der Waals surface area contributed by atoms with Crippen molar-refractivity contribution < 1.29 is 48.0 Å². The van der Waals surface area contributed by atoms with Crippen LogP contribution in [-0.4, -0.2) is 81.4 Å². The minimum atomic E-state index is -2.85. The summed E-state index contributed by atoms with van der Waals surface area (Å²) in [5.74, 6) is -6.24. The average Bonchev–Trinajstić information content (AvgIpc) is 2.78. The first kappa shape index (κ1) is 28.3. The minimum absolute atomic E-state index is 0.221. The maximum Gasteiger partial charge on any atom is 0.347 e. The number of carbonyl (C=O) groups excluding carboxylic acids is 5. The highest BCUT2D eigenvalue weighted by molar-refractivity contribution is 6.15. The molecule has 1 amide bonds. The largest absolute Gasteiger partial charge is 0.464 e. The van der Waals surface area contributed by atoms with Crippen molar-refractivity contribution in [1.82, 2.24) is 4.90 Å². The molecular weight excluding hydrogens is 438 g/mol. The lowest BCUT2D eigenvalue weighted by Gasteiger charge is -2.42. The van der Waals surface area contributed by atoms with Crippen LogP contribution in [0.3, 0.4) is 0 Å². The molecule has 11 heteroatoms. The lowest BCUT2D eigenvalue weighted by molar-refractivity contribution is -0.198. The predicted octanol–water partition coefficient (Wildman–Crippen LogP) is 0.887. The van der Waals surface area contributed by atoms with E-state index in [1.165, 1.54) is 55.4 Å². The van der Waals surface area contributed by atoms with Crippen LogP contribution < -0.4 is 0 Å². The molecule has 0 aromatic carbocycles. The first-order valence-electron chi connectivity index (χ1n) is 10.7. The Bertz CT molecular complexity index is 757. The van der Waals surface area contributed by atoms with Crippen LogP contribution in [0, 0.1) is 0 Å². The summed E-state index contributed by atoms with van der Waals surface area (Å²) in [7, 11) is 0. The Morgan fingerprint density at radius 3 is 1.58 bits per heavy atom. The van der Waals surface area contributed by atoms with Gasteiger partial charge in [0.2, 0.25) is 11.9 Å². The number of ether oxygens (including phenoxy) is 4. The van der Waals surface area contributed by atoms with Crippen LogP contribution in [0.1, 0.15) is 68.7 Å². The summed E-state index contributed by atoms with van der Waals surface area (Å²) in [6, 6.07) is -2.20. The van der Waals surface area contributed by atoms with Gasteiger partial charge in [-0.25, -0.2) is 19.2 Å². The molecule has 0 aromatic rings. The molecule has 1 rings (SSSR count). The van der Waals surface area contributed by atoms with Crippen molar-refractivity contribution in [1.29, 1.82) is 0 Å². The third kappa shape index (κ3) is 5.82. The van der Waals surface area contributed by atoms with Crippen LogP contribution >= 0.6 is 0 Å². The molecule has 0 bridgehead atoms. The van der Waals surface area contributed by atoms with Gasteiger partial charge in [0.15, 0.2) is 0 Å². The first-order valence-corrected chi connectivity index (χ1v) is 10.7. The highest BCUT2D eigenvalue weighted by atomic mass is 16.6. The molecule has 1 heterocycles. The molecule has 1 aliphatic rings. The van der Waals surface area contributed by atoms with Gasteiger partial charge >= 0.3 is 23.9 Å². The van der Waals surface area contributed by atoms with Crippen LogP contribution in [0.2, 0.25) is 0 Å². The molecule has 188 valence electrons. The van der Waals surface area contributed by atoms with Gasteiger partial charge in [-0.05, 0) is 62.3 Å². The van der Waals surface area contributed by atoms with Crippen molar-refractivity contribution in [3.8, 4) is 0 Å². The molecule has 0 aromatic heterocycles. The molecule has 0 radical (unpaired) electrons. The van der Waals surface area contributed by atoms with Gasteiger partial charge in [0.1, 0.15) is 16.8 Å². The summed E-state index contributed by atoms with van der Waals surface area (Å²) >= 11 is 0. The fourth-order valence-electron chi connectivity index (χ4n) is 3.50. The van der Waals surface area contributed by atoms with E-state index < -0.39 is 64.6 Å². The third-order valence-corrected chi connectivity index (χ3v) is 4.56. The summed E-state index contributed by atoms with van der Waals surface area (Å²) < 4.78 is 20.7. The van der Waals surface area contributed by atoms with E-state index in [2.05, 4.69) is 0 Å². The van der Waals surface area contributed by atoms with Crippen LogP contribution in [0.4, 0.5) is 0 Å². The van der Waals surface area contributed by atoms with Gasteiger partial charge in [0.05, 0.1) is 19.6 Å². The van der Waals surface area contributed by atoms with E-state index >= 15 is 0 Å². The molecule has 1 aliphatic heterocycles. The molecule has 1 fully saturated rings. The van der Waals surface area contributed by atoms with Gasteiger partial charge in [-0.15, -0.1) is 0 Å². The van der Waals surface area contributed by atoms with Crippen LogP contribution in [-0.2, 0) is 42.9 Å². The lowest BCUT2D eigenvalue weighted by Crippen LogP contribution is -2.72. The summed E-state index contributed by atoms with van der Waals surface area (Å²) in [6.07, 6.45) is -0.771. The van der Waals surface area contributed by atoms with Crippen molar-refractivity contribution in [2.24, 2.45) is 0 Å². The molecule has 1 N–H and O–H groups in total. The maximum atomic E-state index is 13.2. The van der Waals surface area contributed by atoms with Crippen molar-refractivity contribution in [3.63, 3.8) is 0 Å². The maximum absolute atomic E-state index is 13.2. The van der Waals surface area contributed by atoms with Gasteiger partial charge in [-0.2, -0.15) is 0 Å². The lowest BCUT2D eigenvalue weighted by atomic mass is 9.80. The second kappa shape index (κ2) is 9.66. The first-order chi connectivity index (χ1) is 14.9. The molecule has 33 heavy (non-hydrogen) atoms. The number of likely N-dealkylation sites (tertiary alicyclic amines) is 1. The second-order valence-corrected chi connectivity index (χ2v) is 9.84. The van der Waals surface area contributed by atoms with E-state index in [0.29, 0.717) is 4.90 Å². The van der Waals surface area contributed by atoms with Gasteiger partial charge in [-0.3, -0.25) is 9.69 Å². The number of hydrogen-bond donors (Lipinski definition) is 1. The number of esters is 4. The highest BCUT2D eigenvalue weighted by Gasteiger charge is 2.74. The van der Waals surface area contributed by atoms with Gasteiger partial charge < -0.3 is 24.1 Å². The third-order valence-electron chi connectivity index (χ3n) is 4.56. The molecule has 11 nitrogen and oxygen atoms in total. The Morgan fingerprint density at radius 1 is 0.909 bits per heavy atom. The van der Waals surface area contributed by atoms with E-state index in [0.717, 1.165) is 6.92 Å². The fraction of sp³-hybridized carbons (Fsp3) is 0.773. The second-order valence-electron chi connectivity index (χ2n) is 9.84. The Balaban J connectivity index is 3.89. The molecule has 1 saturated heterocycles. The fourth-order valence-corrected chi connectivity index (χ4v) is 3.50. The van der Waals surface area contributed by atoms with Crippen molar-refractivity contribution in [2.45, 2.75) is 97.1 Å². The van der Waals surface area contributed by atoms with Gasteiger partial charge in [0, 0.05) is 0 Å². The number of rotatable bonds is 7. The van der Waals surface area contributed by atoms with Crippen LogP contribution in [0.5, 0.6) is 0 Å². The zero-order chi connectivity index (χ0) is 26.0. The molecule has 1 atom stereocenters. The highest BCUT2D eigenvalue weighted by Crippen LogP contribution is 2.43. The Morgan fingerprint density at radius 2 is 1.27 bits per heavy atom. The molecule has 1 unspecified atom stereocenters. The van der Waals surface area contributed by atoms with E-state index in [9.17, 15) is 29.1 Å². The van der Waals surface area contributed by atoms with E-state index in [1.54, 1.807) is 0 Å². The van der Waals surface area contributed by atoms with Crippen LogP contribution in [0.25, 0.3) is 0 Å². The zero-order valence-electron chi connectivity index (χ0n) is 20.8. The van der Waals surface area contributed by atoms with Crippen molar-refractivity contribution in [2.75, 3.05) is 13.2 Å². The molecule has 0 saturated carbocycles. The smallest absolute Gasteiger partial charge is 0.347 e. The summed E-state index contributed by atoms with van der Waals surface area (Å²) in [5, 5.41) is 11.1. The van der Waals surface area contributed by atoms with E-state index in [1.807, 2.05) is 0 Å². The topological polar surface area (TPSA) is 146 Å². The predicted molar refractivity (Wildman–Crippen MR) is 114 cm³/mol. The Kier molecular flexibility index (Phi) is 8.30. The van der Waals surface area contributed by atoms with Crippen LogP contribution in [0.15, 0.2) is 0 Å². The Labute approximate surface area is 193 Å². The molecular formula is C22H35NO10. The number of hydrogen-bond acceptors (Lipinski definition) is 10. The minimum Gasteiger partial charge on any atom is -0.464 e. The quantitative estimate of drug-likeness (QED) is 0.321. The van der Waals surface area contributed by atoms with Gasteiger partial charge in [-0.1, -0.05) is 0 Å². The SMILES string of the molecule is CCOC(=O)C1(C(=O)OCC)N(C(C(=O)OC(C)(C)C)C(=O)OC(C)(C)C)C(=O)CC1(C)O. The van der Waals surface area contributed by atoms with Crippen molar-refractivity contribution in [3.05, 3.63) is 0 Å². The molecule has 0 spiro atoms. The number of carbonyl (C=O) groups is 5. The average molecular weight is 474 g/mol. The van der Waals surface area contributed by atoms with E-state index in [4.69, 9.17) is 18.9 Å². The Hall–Kier alpha value is -2.69. The van der Waals surface area contributed by atoms with Gasteiger partial charge in [0.25, 0.3) is 5.54 Å². The normalized spacial score (nSPS) is 20.5. The summed E-state index contributed by atoms with van der Waals surface area (Å²) in [5.41, 5.74) is -7.43. The van der Waals surface area contributed by atoms with E-state index in [-0.39, 0.29) is 13.2 Å². The zero-order valence-corrected chi connectivity index (χ0v) is 20.8. The molecule has 0 aliphatic carbocycles. The summed E-state index contributed by atoms with van der Waals surface area (Å²) in [6.45, 7) is 12.7. The number of nitrogens with zero attached hydrogens (tertiary/aromatic N) is 1. The standard InChI is InChI=1S/C22H35NO10/c1-10-30-17(27)22(18(28)31-11-2)21(9,29)12-13(24)23(22)14(15(25)32-19(3,4)5)16(26)33-20(6,7)8/h14,29H,10-12H2,1-9H3. The summed E-state index contributed by atoms with van der Waals surface area (Å²) in [4.78, 5) is 66.3. The van der Waals surface area contributed by atoms with Crippen molar-refractivity contribution >= 4 is 29.8 Å².